The number of aromatic nitrogens is 1. The van der Waals surface area contributed by atoms with Gasteiger partial charge >= 0.3 is 5.97 Å². The minimum atomic E-state index is -0.893. The molecule has 0 saturated carbocycles. The maximum Gasteiger partial charge on any atom is 0.308 e. The maximum absolute atomic E-state index is 13.5. The van der Waals surface area contributed by atoms with Crippen LogP contribution in [0.2, 0.25) is 0 Å². The van der Waals surface area contributed by atoms with E-state index in [2.05, 4.69) is 10.3 Å². The third-order valence-corrected chi connectivity index (χ3v) is 4.71. The Morgan fingerprint density at radius 3 is 2.43 bits per heavy atom. The number of aromatic hydroxyl groups is 1. The van der Waals surface area contributed by atoms with Crippen molar-refractivity contribution >= 4 is 22.7 Å². The summed E-state index contributed by atoms with van der Waals surface area (Å²) in [5, 5.41) is 23.1. The molecule has 1 unspecified atom stereocenters. The van der Waals surface area contributed by atoms with Gasteiger partial charge in [0.05, 0.1) is 11.4 Å². The molecule has 1 heterocycles. The van der Waals surface area contributed by atoms with E-state index in [0.29, 0.717) is 11.3 Å². The van der Waals surface area contributed by atoms with E-state index in [9.17, 15) is 19.4 Å². The van der Waals surface area contributed by atoms with Gasteiger partial charge in [0.15, 0.2) is 0 Å². The SMILES string of the molecule is CC(CNc1nc2cc(O)ccc2c(-c2ccc(F)cc2)c1C(C)C)C(=O)O. The number of phenolic OH excluding ortho intramolecular Hbond substituents is 1. The molecule has 1 atom stereocenters. The summed E-state index contributed by atoms with van der Waals surface area (Å²) in [4.78, 5) is 15.8. The van der Waals surface area contributed by atoms with Gasteiger partial charge in [-0.3, -0.25) is 4.79 Å². The highest BCUT2D eigenvalue weighted by molar-refractivity contribution is 5.99. The van der Waals surface area contributed by atoms with E-state index >= 15 is 0 Å². The minimum Gasteiger partial charge on any atom is -0.508 e. The van der Waals surface area contributed by atoms with E-state index in [1.54, 1.807) is 37.3 Å². The lowest BCUT2D eigenvalue weighted by atomic mass is 9.89. The number of nitrogens with one attached hydrogen (secondary N) is 1. The van der Waals surface area contributed by atoms with Gasteiger partial charge in [-0.15, -0.1) is 0 Å². The van der Waals surface area contributed by atoms with Crippen LogP contribution >= 0.6 is 0 Å². The summed E-state index contributed by atoms with van der Waals surface area (Å²) >= 11 is 0. The highest BCUT2D eigenvalue weighted by Gasteiger charge is 2.21. The fourth-order valence-corrected chi connectivity index (χ4v) is 3.23. The Hall–Kier alpha value is -3.15. The summed E-state index contributed by atoms with van der Waals surface area (Å²) in [6.07, 6.45) is 0. The third kappa shape index (κ3) is 3.91. The van der Waals surface area contributed by atoms with E-state index in [4.69, 9.17) is 0 Å². The van der Waals surface area contributed by atoms with E-state index in [1.165, 1.54) is 12.1 Å². The van der Waals surface area contributed by atoms with Gasteiger partial charge in [0.25, 0.3) is 0 Å². The number of rotatable bonds is 6. The molecule has 146 valence electrons. The second-order valence-electron chi connectivity index (χ2n) is 7.23. The van der Waals surface area contributed by atoms with Gasteiger partial charge < -0.3 is 15.5 Å². The van der Waals surface area contributed by atoms with Crippen LogP contribution in [0, 0.1) is 11.7 Å². The van der Waals surface area contributed by atoms with Crippen LogP contribution in [-0.4, -0.2) is 27.7 Å². The minimum absolute atomic E-state index is 0.0772. The van der Waals surface area contributed by atoms with E-state index in [1.807, 2.05) is 13.8 Å². The molecule has 28 heavy (non-hydrogen) atoms. The number of benzene rings is 2. The van der Waals surface area contributed by atoms with Crippen LogP contribution < -0.4 is 5.32 Å². The molecule has 0 amide bonds. The number of nitrogens with zero attached hydrogens (tertiary/aromatic N) is 1. The fraction of sp³-hybridized carbons (Fsp3) is 0.273. The van der Waals surface area contributed by atoms with Crippen molar-refractivity contribution in [2.75, 3.05) is 11.9 Å². The van der Waals surface area contributed by atoms with E-state index in [-0.39, 0.29) is 24.0 Å². The molecule has 0 fully saturated rings. The van der Waals surface area contributed by atoms with Crippen LogP contribution in [0.4, 0.5) is 10.2 Å². The fourth-order valence-electron chi connectivity index (χ4n) is 3.23. The van der Waals surface area contributed by atoms with Crippen LogP contribution in [0.3, 0.4) is 0 Å². The molecule has 1 aromatic heterocycles. The van der Waals surface area contributed by atoms with Gasteiger partial charge in [0, 0.05) is 23.6 Å². The second-order valence-corrected chi connectivity index (χ2v) is 7.23. The zero-order chi connectivity index (χ0) is 20.4. The van der Waals surface area contributed by atoms with E-state index < -0.39 is 11.9 Å². The molecule has 0 saturated heterocycles. The number of anilines is 1. The molecular weight excluding hydrogens is 359 g/mol. The van der Waals surface area contributed by atoms with Gasteiger partial charge in [-0.2, -0.15) is 0 Å². The summed E-state index contributed by atoms with van der Waals surface area (Å²) in [6.45, 7) is 5.90. The normalized spacial score (nSPS) is 12.3. The molecule has 3 rings (SSSR count). The highest BCUT2D eigenvalue weighted by atomic mass is 19.1. The first kappa shape index (κ1) is 19.6. The smallest absolute Gasteiger partial charge is 0.308 e. The lowest BCUT2D eigenvalue weighted by Gasteiger charge is -2.21. The van der Waals surface area contributed by atoms with Crippen LogP contribution in [0.15, 0.2) is 42.5 Å². The molecule has 3 N–H and O–H groups in total. The summed E-state index contributed by atoms with van der Waals surface area (Å²) in [5.41, 5.74) is 3.22. The lowest BCUT2D eigenvalue weighted by molar-refractivity contribution is -0.140. The number of halogens is 1. The molecule has 3 aromatic rings. The Balaban J connectivity index is 2.26. The highest BCUT2D eigenvalue weighted by Crippen LogP contribution is 2.40. The largest absolute Gasteiger partial charge is 0.508 e. The van der Waals surface area contributed by atoms with E-state index in [0.717, 1.165) is 22.1 Å². The van der Waals surface area contributed by atoms with Crippen molar-refractivity contribution in [3.8, 4) is 16.9 Å². The van der Waals surface area contributed by atoms with Crippen molar-refractivity contribution in [3.63, 3.8) is 0 Å². The average molecular weight is 382 g/mol. The quantitative estimate of drug-likeness (QED) is 0.559. The topological polar surface area (TPSA) is 82.5 Å². The summed E-state index contributed by atoms with van der Waals surface area (Å²) in [6, 6.07) is 11.2. The maximum atomic E-state index is 13.5. The number of hydrogen-bond donors (Lipinski definition) is 3. The first-order chi connectivity index (χ1) is 13.3. The lowest BCUT2D eigenvalue weighted by Crippen LogP contribution is -2.21. The van der Waals surface area contributed by atoms with Gasteiger partial charge in [-0.05, 0) is 41.3 Å². The first-order valence-electron chi connectivity index (χ1n) is 9.17. The number of carbonyl (C=O) groups is 1. The number of carboxylic acids is 1. The molecule has 0 radical (unpaired) electrons. The van der Waals surface area contributed by atoms with Crippen LogP contribution in [-0.2, 0) is 4.79 Å². The average Bonchev–Trinajstić information content (AvgIpc) is 2.65. The third-order valence-electron chi connectivity index (χ3n) is 4.71. The molecule has 2 aromatic carbocycles. The zero-order valence-electron chi connectivity index (χ0n) is 16.0. The Kier molecular flexibility index (Phi) is 5.49. The van der Waals surface area contributed by atoms with Crippen molar-refractivity contribution in [1.29, 1.82) is 0 Å². The molecule has 0 bridgehead atoms. The molecule has 0 aliphatic rings. The second kappa shape index (κ2) is 7.84. The van der Waals surface area contributed by atoms with Crippen molar-refractivity contribution in [2.45, 2.75) is 26.7 Å². The number of aliphatic carboxylic acids is 1. The molecule has 0 aliphatic heterocycles. The Morgan fingerprint density at radius 1 is 1.14 bits per heavy atom. The van der Waals surface area contributed by atoms with Crippen molar-refractivity contribution < 1.29 is 19.4 Å². The summed E-state index contributed by atoms with van der Waals surface area (Å²) in [7, 11) is 0. The van der Waals surface area contributed by atoms with Gasteiger partial charge in [-0.25, -0.2) is 9.37 Å². The standard InChI is InChI=1S/C22H23FN2O3/c1-12(2)19-20(14-4-6-15(23)7-5-14)17-9-8-16(26)10-18(17)25-21(19)24-11-13(3)22(27)28/h4-10,12-13,26H,11H2,1-3H3,(H,24,25)(H,27,28). The zero-order valence-corrected chi connectivity index (χ0v) is 16.0. The summed E-state index contributed by atoms with van der Waals surface area (Å²) < 4.78 is 13.5. The van der Waals surface area contributed by atoms with Crippen molar-refractivity contribution in [2.24, 2.45) is 5.92 Å². The monoisotopic (exact) mass is 382 g/mol. The van der Waals surface area contributed by atoms with Crippen molar-refractivity contribution in [3.05, 3.63) is 53.8 Å². The number of fused-ring (bicyclic) bond motifs is 1. The van der Waals surface area contributed by atoms with Gasteiger partial charge in [0.1, 0.15) is 17.4 Å². The first-order valence-corrected chi connectivity index (χ1v) is 9.17. The molecule has 6 heteroatoms. The Bertz CT molecular complexity index is 1020. The van der Waals surface area contributed by atoms with Crippen LogP contribution in [0.25, 0.3) is 22.0 Å². The molecule has 0 spiro atoms. The number of phenols is 1. The Labute approximate surface area is 162 Å². The summed E-state index contributed by atoms with van der Waals surface area (Å²) in [5.74, 6) is -1.06. The number of pyridine rings is 1. The van der Waals surface area contributed by atoms with Gasteiger partial charge in [-0.1, -0.05) is 32.9 Å². The number of hydrogen-bond acceptors (Lipinski definition) is 4. The molecular formula is C22H23FN2O3. The predicted molar refractivity (Wildman–Crippen MR) is 108 cm³/mol. The number of carboxylic acid groups (broad SMARTS) is 1. The van der Waals surface area contributed by atoms with Gasteiger partial charge in [0.2, 0.25) is 0 Å². The Morgan fingerprint density at radius 2 is 1.82 bits per heavy atom. The molecule has 5 nitrogen and oxygen atoms in total. The van der Waals surface area contributed by atoms with Crippen molar-refractivity contribution in [1.82, 2.24) is 4.98 Å². The van der Waals surface area contributed by atoms with Crippen LogP contribution in [0.5, 0.6) is 5.75 Å². The molecule has 0 aliphatic carbocycles. The predicted octanol–water partition coefficient (Wildman–Crippen LogP) is 5.00. The van der Waals surface area contributed by atoms with Crippen LogP contribution in [0.1, 0.15) is 32.3 Å².